The van der Waals surface area contributed by atoms with Gasteiger partial charge in [-0.05, 0) is 18.3 Å². The molecule has 1 aromatic carbocycles. The molecule has 0 atom stereocenters. The van der Waals surface area contributed by atoms with Crippen molar-refractivity contribution in [3.05, 3.63) is 35.9 Å². The fraction of sp³-hybridized carbons (Fsp3) is 0.462. The first-order valence-electron chi connectivity index (χ1n) is 5.55. The summed E-state index contributed by atoms with van der Waals surface area (Å²) in [5.74, 6) is 0.670. The average Bonchev–Trinajstić information content (AvgIpc) is 2.24. The quantitative estimate of drug-likeness (QED) is 0.593. The Morgan fingerprint density at radius 1 is 1.33 bits per heavy atom. The van der Waals surface area contributed by atoms with E-state index in [1.165, 1.54) is 19.3 Å². The van der Waals surface area contributed by atoms with Crippen molar-refractivity contribution in [2.45, 2.75) is 26.2 Å². The highest BCUT2D eigenvalue weighted by atomic mass is 14.9. The van der Waals surface area contributed by atoms with Crippen molar-refractivity contribution in [2.24, 2.45) is 16.1 Å². The molecule has 0 radical (unpaired) electrons. The Kier molecular flexibility index (Phi) is 2.76. The molecule has 1 aliphatic rings. The van der Waals surface area contributed by atoms with Gasteiger partial charge in [0.2, 0.25) is 0 Å². The van der Waals surface area contributed by atoms with Crippen LogP contribution in [0.2, 0.25) is 0 Å². The lowest BCUT2D eigenvalue weighted by atomic mass is 9.70. The Balaban J connectivity index is 2.01. The smallest absolute Gasteiger partial charge is 0.125 e. The summed E-state index contributed by atoms with van der Waals surface area (Å²) in [6, 6.07) is 9.97. The van der Waals surface area contributed by atoms with E-state index in [2.05, 4.69) is 11.9 Å². The number of benzene rings is 1. The van der Waals surface area contributed by atoms with E-state index in [1.807, 2.05) is 30.3 Å². The predicted octanol–water partition coefficient (Wildman–Crippen LogP) is 2.58. The van der Waals surface area contributed by atoms with Crippen molar-refractivity contribution in [3.63, 3.8) is 0 Å². The van der Waals surface area contributed by atoms with Gasteiger partial charge in [0.05, 0.1) is 0 Å². The lowest BCUT2D eigenvalue weighted by Gasteiger charge is -2.36. The first kappa shape index (κ1) is 10.2. The molecule has 2 nitrogen and oxygen atoms in total. The molecule has 1 aliphatic carbocycles. The topological polar surface area (TPSA) is 38.4 Å². The molecule has 1 saturated carbocycles. The maximum atomic E-state index is 5.93. The Morgan fingerprint density at radius 2 is 2.00 bits per heavy atom. The summed E-state index contributed by atoms with van der Waals surface area (Å²) in [6.45, 7) is 3.16. The van der Waals surface area contributed by atoms with Gasteiger partial charge in [-0.25, -0.2) is 0 Å². The van der Waals surface area contributed by atoms with Crippen molar-refractivity contribution in [3.8, 4) is 0 Å². The van der Waals surface area contributed by atoms with Crippen molar-refractivity contribution in [1.29, 1.82) is 0 Å². The molecule has 0 unspecified atom stereocenters. The molecule has 0 aliphatic heterocycles. The number of nitrogens with zero attached hydrogens (tertiary/aromatic N) is 1. The number of rotatable bonds is 3. The summed E-state index contributed by atoms with van der Waals surface area (Å²) in [5, 5.41) is 0. The number of nitrogens with two attached hydrogens (primary N) is 1. The van der Waals surface area contributed by atoms with Gasteiger partial charge in [-0.1, -0.05) is 43.7 Å². The van der Waals surface area contributed by atoms with E-state index < -0.39 is 0 Å². The molecule has 2 rings (SSSR count). The van der Waals surface area contributed by atoms with Crippen LogP contribution in [-0.2, 0) is 0 Å². The Hall–Kier alpha value is -1.31. The SMILES string of the molecule is CC1(CN=C(N)c2ccccc2)CCC1. The highest BCUT2D eigenvalue weighted by molar-refractivity contribution is 5.97. The summed E-state index contributed by atoms with van der Waals surface area (Å²) in [6.07, 6.45) is 3.93. The molecule has 0 aromatic heterocycles. The van der Waals surface area contributed by atoms with Gasteiger partial charge in [0, 0.05) is 12.1 Å². The van der Waals surface area contributed by atoms with Gasteiger partial charge in [0.25, 0.3) is 0 Å². The third kappa shape index (κ3) is 2.38. The summed E-state index contributed by atoms with van der Waals surface area (Å²) in [5.41, 5.74) is 7.38. The fourth-order valence-electron chi connectivity index (χ4n) is 1.91. The lowest BCUT2D eigenvalue weighted by molar-refractivity contribution is 0.174. The summed E-state index contributed by atoms with van der Waals surface area (Å²) >= 11 is 0. The maximum Gasteiger partial charge on any atom is 0.125 e. The van der Waals surface area contributed by atoms with Crippen molar-refractivity contribution in [1.82, 2.24) is 0 Å². The zero-order valence-corrected chi connectivity index (χ0v) is 9.24. The second-order valence-corrected chi connectivity index (χ2v) is 4.73. The predicted molar refractivity (Wildman–Crippen MR) is 64.0 cm³/mol. The van der Waals surface area contributed by atoms with E-state index in [1.54, 1.807) is 0 Å². The standard InChI is InChI=1S/C13H18N2/c1-13(8-5-9-13)10-15-12(14)11-6-3-2-4-7-11/h2-4,6-7H,5,8-10H2,1H3,(H2,14,15). The average molecular weight is 202 g/mol. The molecular weight excluding hydrogens is 184 g/mol. The molecule has 0 bridgehead atoms. The van der Waals surface area contributed by atoms with Crippen LogP contribution >= 0.6 is 0 Å². The second-order valence-electron chi connectivity index (χ2n) is 4.73. The monoisotopic (exact) mass is 202 g/mol. The van der Waals surface area contributed by atoms with Crippen LogP contribution in [0.4, 0.5) is 0 Å². The molecule has 1 aromatic rings. The molecule has 0 amide bonds. The van der Waals surface area contributed by atoms with Crippen LogP contribution in [0.15, 0.2) is 35.3 Å². The second kappa shape index (κ2) is 4.05. The van der Waals surface area contributed by atoms with Crippen LogP contribution in [0.5, 0.6) is 0 Å². The molecule has 0 spiro atoms. The first-order valence-corrected chi connectivity index (χ1v) is 5.55. The van der Waals surface area contributed by atoms with Crippen LogP contribution in [-0.4, -0.2) is 12.4 Å². The highest BCUT2D eigenvalue weighted by Gasteiger charge is 2.31. The zero-order chi connectivity index (χ0) is 10.7. The molecule has 0 heterocycles. The van der Waals surface area contributed by atoms with Crippen molar-refractivity contribution >= 4 is 5.84 Å². The number of hydrogen-bond acceptors (Lipinski definition) is 1. The van der Waals surface area contributed by atoms with Crippen LogP contribution in [0.1, 0.15) is 31.7 Å². The Labute approximate surface area is 91.2 Å². The molecule has 0 saturated heterocycles. The zero-order valence-electron chi connectivity index (χ0n) is 9.24. The molecular formula is C13H18N2. The minimum absolute atomic E-state index is 0.416. The minimum Gasteiger partial charge on any atom is -0.384 e. The highest BCUT2D eigenvalue weighted by Crippen LogP contribution is 2.40. The van der Waals surface area contributed by atoms with Gasteiger partial charge in [-0.15, -0.1) is 0 Å². The number of amidine groups is 1. The normalized spacial score (nSPS) is 19.7. The van der Waals surface area contributed by atoms with Crippen molar-refractivity contribution in [2.75, 3.05) is 6.54 Å². The largest absolute Gasteiger partial charge is 0.384 e. The van der Waals surface area contributed by atoms with Crippen LogP contribution in [0.3, 0.4) is 0 Å². The molecule has 1 fully saturated rings. The third-order valence-corrected chi connectivity index (χ3v) is 3.26. The lowest BCUT2D eigenvalue weighted by Crippen LogP contribution is -2.30. The minimum atomic E-state index is 0.416. The molecule has 2 N–H and O–H groups in total. The van der Waals surface area contributed by atoms with E-state index in [9.17, 15) is 0 Å². The van der Waals surface area contributed by atoms with Gasteiger partial charge < -0.3 is 5.73 Å². The summed E-state index contributed by atoms with van der Waals surface area (Å²) in [4.78, 5) is 4.48. The van der Waals surface area contributed by atoms with Crippen LogP contribution < -0.4 is 5.73 Å². The van der Waals surface area contributed by atoms with Crippen LogP contribution in [0, 0.1) is 5.41 Å². The van der Waals surface area contributed by atoms with E-state index in [4.69, 9.17) is 5.73 Å². The number of aliphatic imine (C=N–C) groups is 1. The van der Waals surface area contributed by atoms with Crippen LogP contribution in [0.25, 0.3) is 0 Å². The van der Waals surface area contributed by atoms with Gasteiger partial charge in [0.1, 0.15) is 5.84 Å². The maximum absolute atomic E-state index is 5.93. The summed E-state index contributed by atoms with van der Waals surface area (Å²) in [7, 11) is 0. The number of hydrogen-bond donors (Lipinski definition) is 1. The molecule has 15 heavy (non-hydrogen) atoms. The van der Waals surface area contributed by atoms with Crippen molar-refractivity contribution < 1.29 is 0 Å². The summed E-state index contributed by atoms with van der Waals surface area (Å²) < 4.78 is 0. The van der Waals surface area contributed by atoms with Gasteiger partial charge in [-0.3, -0.25) is 4.99 Å². The Bertz CT molecular complexity index is 350. The first-order chi connectivity index (χ1) is 7.20. The molecule has 80 valence electrons. The van der Waals surface area contributed by atoms with E-state index in [0.717, 1.165) is 12.1 Å². The van der Waals surface area contributed by atoms with E-state index >= 15 is 0 Å². The van der Waals surface area contributed by atoms with Gasteiger partial charge in [0.15, 0.2) is 0 Å². The van der Waals surface area contributed by atoms with E-state index in [-0.39, 0.29) is 0 Å². The Morgan fingerprint density at radius 3 is 2.53 bits per heavy atom. The third-order valence-electron chi connectivity index (χ3n) is 3.26. The van der Waals surface area contributed by atoms with Gasteiger partial charge >= 0.3 is 0 Å². The molecule has 2 heteroatoms. The van der Waals surface area contributed by atoms with Gasteiger partial charge in [-0.2, -0.15) is 0 Å². The fourth-order valence-corrected chi connectivity index (χ4v) is 1.91. The van der Waals surface area contributed by atoms with E-state index in [0.29, 0.717) is 11.3 Å².